The van der Waals surface area contributed by atoms with Gasteiger partial charge < -0.3 is 0 Å². The molecule has 0 aliphatic carbocycles. The van der Waals surface area contributed by atoms with Crippen LogP contribution >= 0.6 is 0 Å². The van der Waals surface area contributed by atoms with Crippen LogP contribution in [-0.4, -0.2) is 0 Å². The highest BCUT2D eigenvalue weighted by Gasteiger charge is 2.12. The van der Waals surface area contributed by atoms with Gasteiger partial charge in [-0.3, -0.25) is 0 Å². The van der Waals surface area contributed by atoms with Crippen molar-refractivity contribution < 1.29 is 0 Å². The van der Waals surface area contributed by atoms with Crippen molar-refractivity contribution in [2.45, 2.75) is 54.4 Å². The van der Waals surface area contributed by atoms with E-state index < -0.39 is 0 Å². The zero-order valence-corrected chi connectivity index (χ0v) is 11.4. The van der Waals surface area contributed by atoms with Gasteiger partial charge in [-0.2, -0.15) is 0 Å². The lowest BCUT2D eigenvalue weighted by atomic mass is 9.85. The van der Waals surface area contributed by atoms with E-state index in [1.54, 1.807) is 0 Å². The second-order valence-corrected chi connectivity index (χ2v) is 5.90. The Bertz CT molecular complexity index is 203. The third-order valence-electron chi connectivity index (χ3n) is 2.57. The molecule has 0 aliphatic heterocycles. The van der Waals surface area contributed by atoms with Gasteiger partial charge in [-0.1, -0.05) is 72.3 Å². The molecule has 0 aromatic carbocycles. The van der Waals surface area contributed by atoms with Crippen molar-refractivity contribution in [2.24, 2.45) is 17.3 Å². The predicted octanol–water partition coefficient (Wildman–Crippen LogP) is 5.22. The average molecular weight is 208 g/mol. The van der Waals surface area contributed by atoms with Crippen molar-refractivity contribution in [2.75, 3.05) is 0 Å². The maximum atomic E-state index is 2.31. The Balaban J connectivity index is 3.91. The fourth-order valence-corrected chi connectivity index (χ4v) is 1.68. The first-order valence-electron chi connectivity index (χ1n) is 6.20. The first-order chi connectivity index (χ1) is 6.85. The summed E-state index contributed by atoms with van der Waals surface area (Å²) in [5.41, 5.74) is 0.435. The van der Waals surface area contributed by atoms with Crippen LogP contribution in [0.25, 0.3) is 0 Å². The zero-order valence-electron chi connectivity index (χ0n) is 11.4. The van der Waals surface area contributed by atoms with E-state index >= 15 is 0 Å². The summed E-state index contributed by atoms with van der Waals surface area (Å²) in [6, 6.07) is 0. The van der Waals surface area contributed by atoms with E-state index in [2.05, 4.69) is 65.8 Å². The number of hydrogen-bond donors (Lipinski definition) is 0. The lowest BCUT2D eigenvalue weighted by Gasteiger charge is -2.20. The van der Waals surface area contributed by atoms with E-state index in [0.29, 0.717) is 17.3 Å². The summed E-state index contributed by atoms with van der Waals surface area (Å²) in [7, 11) is 0. The molecule has 0 N–H and O–H groups in total. The fraction of sp³-hybridized carbons (Fsp3) is 0.733. The van der Waals surface area contributed by atoms with Crippen LogP contribution in [0.3, 0.4) is 0 Å². The van der Waals surface area contributed by atoms with E-state index in [1.807, 2.05) is 0 Å². The van der Waals surface area contributed by atoms with E-state index in [0.717, 1.165) is 0 Å². The highest BCUT2D eigenvalue weighted by atomic mass is 14.2. The predicted molar refractivity (Wildman–Crippen MR) is 71.0 cm³/mol. The van der Waals surface area contributed by atoms with Gasteiger partial charge >= 0.3 is 0 Å². The van der Waals surface area contributed by atoms with Crippen molar-refractivity contribution >= 4 is 0 Å². The Labute approximate surface area is 96.5 Å². The Hall–Kier alpha value is -0.520. The van der Waals surface area contributed by atoms with Crippen molar-refractivity contribution in [3.05, 3.63) is 24.3 Å². The molecule has 88 valence electrons. The van der Waals surface area contributed by atoms with Crippen molar-refractivity contribution in [3.63, 3.8) is 0 Å². The van der Waals surface area contributed by atoms with Crippen LogP contribution in [0.15, 0.2) is 24.3 Å². The topological polar surface area (TPSA) is 0 Å². The third kappa shape index (κ3) is 9.78. The quantitative estimate of drug-likeness (QED) is 0.544. The summed E-state index contributed by atoms with van der Waals surface area (Å²) in [6.45, 7) is 13.7. The Morgan fingerprint density at radius 2 is 1.40 bits per heavy atom. The minimum atomic E-state index is 0.435. The number of hydrogen-bond acceptors (Lipinski definition) is 0. The van der Waals surface area contributed by atoms with Gasteiger partial charge in [0.2, 0.25) is 0 Å². The second-order valence-electron chi connectivity index (χ2n) is 5.90. The third-order valence-corrected chi connectivity index (χ3v) is 2.57. The van der Waals surface area contributed by atoms with Gasteiger partial charge in [0.15, 0.2) is 0 Å². The molecule has 2 unspecified atom stereocenters. The molecule has 0 aliphatic rings. The number of allylic oxidation sites excluding steroid dienone is 4. The molecule has 0 fully saturated rings. The molecule has 0 radical (unpaired) electrons. The van der Waals surface area contributed by atoms with Crippen LogP contribution in [-0.2, 0) is 0 Å². The summed E-state index contributed by atoms with van der Waals surface area (Å²) < 4.78 is 0. The molecule has 0 heteroatoms. The lowest BCUT2D eigenvalue weighted by Crippen LogP contribution is -2.09. The van der Waals surface area contributed by atoms with E-state index in [9.17, 15) is 0 Å². The molecule has 0 rings (SSSR count). The molecule has 0 saturated heterocycles. The molecular weight excluding hydrogens is 180 g/mol. The minimum Gasteiger partial charge on any atom is -0.0817 e. The SMILES string of the molecule is CCC(C)C=CC=CC(C)CC(C)(C)C. The standard InChI is InChI=1S/C15H28/c1-7-13(2)10-8-9-11-14(3)12-15(4,5)6/h8-11,13-14H,7,12H2,1-6H3. The molecule has 0 aromatic rings. The van der Waals surface area contributed by atoms with Crippen LogP contribution in [0.2, 0.25) is 0 Å². The van der Waals surface area contributed by atoms with Gasteiger partial charge in [0.25, 0.3) is 0 Å². The van der Waals surface area contributed by atoms with Gasteiger partial charge in [0, 0.05) is 0 Å². The van der Waals surface area contributed by atoms with Crippen molar-refractivity contribution in [1.82, 2.24) is 0 Å². The van der Waals surface area contributed by atoms with Crippen LogP contribution in [0.4, 0.5) is 0 Å². The largest absolute Gasteiger partial charge is 0.0817 e. The van der Waals surface area contributed by atoms with Crippen molar-refractivity contribution in [1.29, 1.82) is 0 Å². The van der Waals surface area contributed by atoms with Gasteiger partial charge in [0.05, 0.1) is 0 Å². The summed E-state index contributed by atoms with van der Waals surface area (Å²) in [5.74, 6) is 1.37. The molecule has 15 heavy (non-hydrogen) atoms. The normalized spacial score (nSPS) is 17.5. The Kier molecular flexibility index (Phi) is 6.63. The van der Waals surface area contributed by atoms with E-state index in [1.165, 1.54) is 12.8 Å². The summed E-state index contributed by atoms with van der Waals surface area (Å²) in [6.07, 6.45) is 11.4. The van der Waals surface area contributed by atoms with Gasteiger partial charge in [0.1, 0.15) is 0 Å². The molecule has 0 spiro atoms. The van der Waals surface area contributed by atoms with E-state index in [4.69, 9.17) is 0 Å². The summed E-state index contributed by atoms with van der Waals surface area (Å²) >= 11 is 0. The van der Waals surface area contributed by atoms with Crippen LogP contribution < -0.4 is 0 Å². The fourth-order valence-electron chi connectivity index (χ4n) is 1.68. The van der Waals surface area contributed by atoms with E-state index in [-0.39, 0.29) is 0 Å². The molecule has 2 atom stereocenters. The van der Waals surface area contributed by atoms with Crippen LogP contribution in [0.1, 0.15) is 54.4 Å². The Morgan fingerprint density at radius 3 is 1.80 bits per heavy atom. The smallest absolute Gasteiger partial charge is 0.0254 e. The zero-order chi connectivity index (χ0) is 11.9. The maximum Gasteiger partial charge on any atom is -0.0254 e. The molecule has 0 nitrogen and oxygen atoms in total. The first-order valence-corrected chi connectivity index (χ1v) is 6.20. The summed E-state index contributed by atoms with van der Waals surface area (Å²) in [4.78, 5) is 0. The highest BCUT2D eigenvalue weighted by Crippen LogP contribution is 2.24. The van der Waals surface area contributed by atoms with Gasteiger partial charge in [-0.15, -0.1) is 0 Å². The van der Waals surface area contributed by atoms with Gasteiger partial charge in [-0.05, 0) is 23.7 Å². The Morgan fingerprint density at radius 1 is 0.933 bits per heavy atom. The monoisotopic (exact) mass is 208 g/mol. The lowest BCUT2D eigenvalue weighted by molar-refractivity contribution is 0.337. The minimum absolute atomic E-state index is 0.435. The average Bonchev–Trinajstić information content (AvgIpc) is 2.09. The van der Waals surface area contributed by atoms with Gasteiger partial charge in [-0.25, -0.2) is 0 Å². The maximum absolute atomic E-state index is 2.31. The molecule has 0 aromatic heterocycles. The second kappa shape index (κ2) is 6.87. The van der Waals surface area contributed by atoms with Crippen LogP contribution in [0.5, 0.6) is 0 Å². The van der Waals surface area contributed by atoms with Crippen molar-refractivity contribution in [3.8, 4) is 0 Å². The summed E-state index contributed by atoms with van der Waals surface area (Å²) in [5, 5.41) is 0. The molecule has 0 saturated carbocycles. The molecule has 0 bridgehead atoms. The first kappa shape index (κ1) is 14.5. The highest BCUT2D eigenvalue weighted by molar-refractivity contribution is 5.05. The number of rotatable bonds is 5. The molecule has 0 amide bonds. The molecular formula is C15H28. The van der Waals surface area contributed by atoms with Crippen LogP contribution in [0, 0.1) is 17.3 Å². The molecule has 0 heterocycles.